The topological polar surface area (TPSA) is 87.5 Å². The monoisotopic (exact) mass is 496 g/mol. The maximum Gasteiger partial charge on any atom is 0.338 e. The van der Waals surface area contributed by atoms with Crippen molar-refractivity contribution in [1.29, 1.82) is 0 Å². The van der Waals surface area contributed by atoms with Crippen LogP contribution in [0.15, 0.2) is 90.1 Å². The van der Waals surface area contributed by atoms with Crippen molar-refractivity contribution in [2.45, 2.75) is 26.5 Å². The number of carbonyl (C=O) groups is 1. The van der Waals surface area contributed by atoms with Crippen LogP contribution in [0, 0.1) is 0 Å². The molecule has 8 nitrogen and oxygen atoms in total. The van der Waals surface area contributed by atoms with E-state index in [2.05, 4.69) is 5.32 Å². The second kappa shape index (κ2) is 10.6. The molecule has 1 N–H and O–H groups in total. The van der Waals surface area contributed by atoms with Gasteiger partial charge in [-0.15, -0.1) is 5.10 Å². The van der Waals surface area contributed by atoms with Gasteiger partial charge in [-0.1, -0.05) is 66.7 Å². The fourth-order valence-corrected chi connectivity index (χ4v) is 4.36. The van der Waals surface area contributed by atoms with Crippen LogP contribution in [-0.4, -0.2) is 34.5 Å². The van der Waals surface area contributed by atoms with Crippen LogP contribution < -0.4 is 14.8 Å². The number of anilines is 1. The van der Waals surface area contributed by atoms with Gasteiger partial charge in [-0.3, -0.25) is 0 Å². The number of fused-ring (bicyclic) bond motifs is 1. The first kappa shape index (κ1) is 24.1. The minimum Gasteiger partial charge on any atom is -0.490 e. The number of rotatable bonds is 8. The zero-order valence-corrected chi connectivity index (χ0v) is 21.0. The van der Waals surface area contributed by atoms with E-state index in [4.69, 9.17) is 24.3 Å². The normalized spacial score (nSPS) is 14.5. The summed E-state index contributed by atoms with van der Waals surface area (Å²) in [5.74, 6) is 1.85. The largest absolute Gasteiger partial charge is 0.490 e. The zero-order valence-electron chi connectivity index (χ0n) is 21.0. The quantitative estimate of drug-likeness (QED) is 0.328. The lowest BCUT2D eigenvalue weighted by molar-refractivity contribution is -0.136. The number of methoxy groups -OCH3 is 1. The Balaban J connectivity index is 1.56. The number of hydrogen-bond donors (Lipinski definition) is 1. The lowest BCUT2D eigenvalue weighted by atomic mass is 9.95. The number of esters is 1. The van der Waals surface area contributed by atoms with Crippen LogP contribution in [0.1, 0.15) is 31.0 Å². The smallest absolute Gasteiger partial charge is 0.338 e. The Kier molecular flexibility index (Phi) is 6.89. The molecule has 5 rings (SSSR count). The highest BCUT2D eigenvalue weighted by molar-refractivity contribution is 5.92. The molecule has 1 atom stereocenters. The predicted octanol–water partition coefficient (Wildman–Crippen LogP) is 5.38. The molecule has 1 aliphatic heterocycles. The molecule has 37 heavy (non-hydrogen) atoms. The SMILES string of the molecule is CCOc1cc(C2C(C(=O)OC)=C(C)Nc3nc(-c4ccccc4)nn32)ccc1OCc1ccccc1. The van der Waals surface area contributed by atoms with Crippen LogP contribution >= 0.6 is 0 Å². The summed E-state index contributed by atoms with van der Waals surface area (Å²) in [6.45, 7) is 4.63. The number of allylic oxidation sites excluding steroid dienone is 1. The Morgan fingerprint density at radius 2 is 1.70 bits per heavy atom. The molecule has 0 saturated carbocycles. The van der Waals surface area contributed by atoms with Crippen molar-refractivity contribution < 1.29 is 19.0 Å². The Labute approximate surface area is 215 Å². The first-order chi connectivity index (χ1) is 18.1. The Bertz CT molecular complexity index is 1430. The van der Waals surface area contributed by atoms with Crippen molar-refractivity contribution in [3.8, 4) is 22.9 Å². The van der Waals surface area contributed by atoms with Gasteiger partial charge in [0.05, 0.1) is 19.3 Å². The van der Waals surface area contributed by atoms with Crippen LogP contribution in [0.25, 0.3) is 11.4 Å². The number of nitrogens with zero attached hydrogens (tertiary/aromatic N) is 3. The Morgan fingerprint density at radius 1 is 0.973 bits per heavy atom. The van der Waals surface area contributed by atoms with Crippen molar-refractivity contribution >= 4 is 11.9 Å². The standard InChI is InChI=1S/C29H28N4O4/c1-4-36-24-17-22(15-16-23(24)37-18-20-11-7-5-8-12-20)26-25(28(34)35-3)19(2)30-29-31-27(32-33(26)29)21-13-9-6-10-14-21/h5-17,26H,4,18H2,1-3H3,(H,30,31,32). The number of carbonyl (C=O) groups excluding carboxylic acids is 1. The number of nitrogens with one attached hydrogen (secondary N) is 1. The van der Waals surface area contributed by atoms with E-state index in [9.17, 15) is 4.79 Å². The fraction of sp³-hybridized carbons (Fsp3) is 0.207. The number of aromatic nitrogens is 3. The van der Waals surface area contributed by atoms with Crippen LogP contribution in [0.4, 0.5) is 5.95 Å². The lowest BCUT2D eigenvalue weighted by Crippen LogP contribution is -2.29. The third-order valence-corrected chi connectivity index (χ3v) is 6.11. The minimum atomic E-state index is -0.573. The van der Waals surface area contributed by atoms with Gasteiger partial charge in [0.2, 0.25) is 5.95 Å². The first-order valence-corrected chi connectivity index (χ1v) is 12.1. The number of hydrogen-bond acceptors (Lipinski definition) is 7. The average molecular weight is 497 g/mol. The van der Waals surface area contributed by atoms with Gasteiger partial charge in [0.25, 0.3) is 0 Å². The van der Waals surface area contributed by atoms with E-state index in [0.717, 1.165) is 16.7 Å². The van der Waals surface area contributed by atoms with Crippen molar-refractivity contribution in [3.63, 3.8) is 0 Å². The maximum atomic E-state index is 12.9. The summed E-state index contributed by atoms with van der Waals surface area (Å²) in [6, 6.07) is 24.8. The number of ether oxygens (including phenoxy) is 3. The molecule has 0 amide bonds. The molecular formula is C29H28N4O4. The highest BCUT2D eigenvalue weighted by Gasteiger charge is 2.35. The molecule has 3 aromatic carbocycles. The molecule has 1 aliphatic rings. The van der Waals surface area contributed by atoms with Crippen molar-refractivity contribution in [2.75, 3.05) is 19.0 Å². The molecule has 0 bridgehead atoms. The highest BCUT2D eigenvalue weighted by atomic mass is 16.5. The van der Waals surface area contributed by atoms with Crippen molar-refractivity contribution in [3.05, 3.63) is 101 Å². The molecule has 8 heteroatoms. The summed E-state index contributed by atoms with van der Waals surface area (Å²) in [4.78, 5) is 17.7. The molecule has 1 unspecified atom stereocenters. The van der Waals surface area contributed by atoms with Crippen LogP contribution in [0.2, 0.25) is 0 Å². The first-order valence-electron chi connectivity index (χ1n) is 12.1. The fourth-order valence-electron chi connectivity index (χ4n) is 4.36. The molecule has 2 heterocycles. The van der Waals surface area contributed by atoms with E-state index in [1.165, 1.54) is 7.11 Å². The van der Waals surface area contributed by atoms with Gasteiger partial charge >= 0.3 is 5.97 Å². The Hall–Kier alpha value is -4.59. The summed E-state index contributed by atoms with van der Waals surface area (Å²) in [5, 5.41) is 8.00. The van der Waals surface area contributed by atoms with Crippen LogP contribution in [-0.2, 0) is 16.1 Å². The van der Waals surface area contributed by atoms with Gasteiger partial charge < -0.3 is 19.5 Å². The van der Waals surface area contributed by atoms with E-state index in [1.54, 1.807) is 4.68 Å². The third-order valence-electron chi connectivity index (χ3n) is 6.11. The Morgan fingerprint density at radius 3 is 2.41 bits per heavy atom. The predicted molar refractivity (Wildman–Crippen MR) is 140 cm³/mol. The summed E-state index contributed by atoms with van der Waals surface area (Å²) < 4.78 is 18.9. The van der Waals surface area contributed by atoms with E-state index >= 15 is 0 Å². The van der Waals surface area contributed by atoms with Crippen LogP contribution in [0.3, 0.4) is 0 Å². The third kappa shape index (κ3) is 4.91. The van der Waals surface area contributed by atoms with Gasteiger partial charge in [-0.05, 0) is 37.1 Å². The van der Waals surface area contributed by atoms with Crippen LogP contribution in [0.5, 0.6) is 11.5 Å². The van der Waals surface area contributed by atoms with Gasteiger partial charge in [0.1, 0.15) is 12.6 Å². The van der Waals surface area contributed by atoms with Crippen molar-refractivity contribution in [1.82, 2.24) is 14.8 Å². The van der Waals surface area contributed by atoms with Gasteiger partial charge in [0, 0.05) is 11.3 Å². The maximum absolute atomic E-state index is 12.9. The van der Waals surface area contributed by atoms with Gasteiger partial charge in [0.15, 0.2) is 17.3 Å². The average Bonchev–Trinajstić information content (AvgIpc) is 3.36. The number of benzene rings is 3. The highest BCUT2D eigenvalue weighted by Crippen LogP contribution is 2.40. The van der Waals surface area contributed by atoms with E-state index in [0.29, 0.717) is 47.8 Å². The molecule has 0 aliphatic carbocycles. The van der Waals surface area contributed by atoms with Crippen molar-refractivity contribution in [2.24, 2.45) is 0 Å². The van der Waals surface area contributed by atoms with E-state index in [1.807, 2.05) is 92.7 Å². The molecule has 188 valence electrons. The molecule has 0 spiro atoms. The molecule has 0 fully saturated rings. The summed E-state index contributed by atoms with van der Waals surface area (Å²) in [5.41, 5.74) is 3.82. The van der Waals surface area contributed by atoms with E-state index in [-0.39, 0.29) is 0 Å². The second-order valence-electron chi connectivity index (χ2n) is 8.54. The van der Waals surface area contributed by atoms with E-state index < -0.39 is 12.0 Å². The second-order valence-corrected chi connectivity index (χ2v) is 8.54. The summed E-state index contributed by atoms with van der Waals surface area (Å²) in [7, 11) is 1.37. The molecule has 1 aromatic heterocycles. The molecule has 0 radical (unpaired) electrons. The lowest BCUT2D eigenvalue weighted by Gasteiger charge is -2.28. The van der Waals surface area contributed by atoms with Gasteiger partial charge in [-0.2, -0.15) is 4.98 Å². The van der Waals surface area contributed by atoms with Gasteiger partial charge in [-0.25, -0.2) is 9.48 Å². The molecule has 4 aromatic rings. The minimum absolute atomic E-state index is 0.410. The summed E-state index contributed by atoms with van der Waals surface area (Å²) >= 11 is 0. The molecular weight excluding hydrogens is 468 g/mol. The summed E-state index contributed by atoms with van der Waals surface area (Å²) in [6.07, 6.45) is 0. The zero-order chi connectivity index (χ0) is 25.8. The molecule has 0 saturated heterocycles.